The minimum absolute atomic E-state index is 0.331. The summed E-state index contributed by atoms with van der Waals surface area (Å²) in [6.45, 7) is 4.26. The fourth-order valence-electron chi connectivity index (χ4n) is 1.76. The lowest BCUT2D eigenvalue weighted by Gasteiger charge is -2.19. The van der Waals surface area contributed by atoms with Gasteiger partial charge in [0.2, 0.25) is 0 Å². The Labute approximate surface area is 90.8 Å². The molecule has 0 radical (unpaired) electrons. The highest BCUT2D eigenvalue weighted by molar-refractivity contribution is 7.79. The molecule has 1 aromatic carbocycles. The highest BCUT2D eigenvalue weighted by Gasteiger charge is 2.15. The molecule has 0 aliphatic heterocycles. The van der Waals surface area contributed by atoms with E-state index in [9.17, 15) is 5.11 Å². The van der Waals surface area contributed by atoms with Crippen molar-refractivity contribution in [2.75, 3.05) is 0 Å². The molecule has 0 fully saturated rings. The van der Waals surface area contributed by atoms with E-state index in [4.69, 9.17) is 12.2 Å². The van der Waals surface area contributed by atoms with Crippen LogP contribution in [-0.2, 0) is 0 Å². The molecule has 0 spiro atoms. The SMILES string of the molecule is CCC(c1cccc(O)c1)C(C)C=S. The zero-order valence-corrected chi connectivity index (χ0v) is 9.42. The first-order valence-corrected chi connectivity index (χ1v) is 5.40. The second-order valence-corrected chi connectivity index (χ2v) is 3.88. The fraction of sp³-hybridized carbons (Fsp3) is 0.417. The zero-order chi connectivity index (χ0) is 10.6. The normalized spacial score (nSPS) is 14.7. The van der Waals surface area contributed by atoms with Gasteiger partial charge >= 0.3 is 0 Å². The molecular formula is C12H16OS. The summed E-state index contributed by atoms with van der Waals surface area (Å²) in [5.74, 6) is 1.12. The van der Waals surface area contributed by atoms with Crippen LogP contribution in [0.3, 0.4) is 0 Å². The van der Waals surface area contributed by atoms with Crippen molar-refractivity contribution < 1.29 is 5.11 Å². The van der Waals surface area contributed by atoms with E-state index < -0.39 is 0 Å². The minimum Gasteiger partial charge on any atom is -0.508 e. The molecule has 0 heterocycles. The number of benzene rings is 1. The maximum absolute atomic E-state index is 9.38. The molecule has 0 saturated carbocycles. The number of thiocarbonyl (C=S) groups is 1. The third-order valence-corrected chi connectivity index (χ3v) is 3.02. The second kappa shape index (κ2) is 5.11. The minimum atomic E-state index is 0.331. The lowest BCUT2D eigenvalue weighted by atomic mass is 9.86. The fourth-order valence-corrected chi connectivity index (χ4v) is 1.95. The van der Waals surface area contributed by atoms with E-state index in [0.717, 1.165) is 6.42 Å². The Kier molecular flexibility index (Phi) is 4.08. The van der Waals surface area contributed by atoms with Gasteiger partial charge in [-0.25, -0.2) is 0 Å². The Morgan fingerprint density at radius 3 is 2.71 bits per heavy atom. The van der Waals surface area contributed by atoms with Gasteiger partial charge < -0.3 is 5.11 Å². The highest BCUT2D eigenvalue weighted by Crippen LogP contribution is 2.28. The van der Waals surface area contributed by atoms with Crippen LogP contribution < -0.4 is 0 Å². The first-order chi connectivity index (χ1) is 6.69. The average molecular weight is 208 g/mol. The van der Waals surface area contributed by atoms with Gasteiger partial charge in [-0.3, -0.25) is 0 Å². The summed E-state index contributed by atoms with van der Waals surface area (Å²) in [7, 11) is 0. The standard InChI is InChI=1S/C12H16OS/c1-3-12(9(2)8-14)10-5-4-6-11(13)7-10/h4-9,12-13H,3H2,1-2H3. The van der Waals surface area contributed by atoms with Gasteiger partial charge in [-0.15, -0.1) is 0 Å². The molecule has 1 rings (SSSR count). The van der Waals surface area contributed by atoms with Crippen LogP contribution in [0.2, 0.25) is 0 Å². The van der Waals surface area contributed by atoms with Crippen LogP contribution in [0, 0.1) is 5.92 Å². The first kappa shape index (κ1) is 11.2. The van der Waals surface area contributed by atoms with Gasteiger partial charge in [-0.05, 0) is 41.3 Å². The molecule has 0 amide bonds. The first-order valence-electron chi connectivity index (χ1n) is 4.93. The predicted octanol–water partition coefficient (Wildman–Crippen LogP) is 3.52. The van der Waals surface area contributed by atoms with E-state index in [-0.39, 0.29) is 0 Å². The van der Waals surface area contributed by atoms with Crippen LogP contribution in [0.4, 0.5) is 0 Å². The monoisotopic (exact) mass is 208 g/mol. The van der Waals surface area contributed by atoms with Gasteiger partial charge in [0.15, 0.2) is 0 Å². The van der Waals surface area contributed by atoms with Gasteiger partial charge in [-0.2, -0.15) is 0 Å². The van der Waals surface area contributed by atoms with Crippen LogP contribution in [0.25, 0.3) is 0 Å². The lowest BCUT2D eigenvalue weighted by Crippen LogP contribution is -2.09. The molecule has 1 aromatic rings. The van der Waals surface area contributed by atoms with Crippen molar-refractivity contribution in [1.29, 1.82) is 0 Å². The molecule has 0 aliphatic rings. The van der Waals surface area contributed by atoms with Crippen molar-refractivity contribution >= 4 is 17.6 Å². The summed E-state index contributed by atoms with van der Waals surface area (Å²) >= 11 is 4.96. The molecular weight excluding hydrogens is 192 g/mol. The molecule has 14 heavy (non-hydrogen) atoms. The van der Waals surface area contributed by atoms with E-state index in [1.165, 1.54) is 5.56 Å². The van der Waals surface area contributed by atoms with Crippen molar-refractivity contribution in [3.63, 3.8) is 0 Å². The van der Waals surface area contributed by atoms with Crippen LogP contribution >= 0.6 is 12.2 Å². The van der Waals surface area contributed by atoms with Gasteiger partial charge in [0.1, 0.15) is 5.75 Å². The number of phenols is 1. The quantitative estimate of drug-likeness (QED) is 0.764. The molecule has 0 aliphatic carbocycles. The molecule has 1 N–H and O–H groups in total. The van der Waals surface area contributed by atoms with E-state index in [1.54, 1.807) is 11.4 Å². The number of rotatable bonds is 4. The third-order valence-electron chi connectivity index (χ3n) is 2.59. The van der Waals surface area contributed by atoms with Crippen molar-refractivity contribution in [2.24, 2.45) is 5.92 Å². The largest absolute Gasteiger partial charge is 0.508 e. The third kappa shape index (κ3) is 2.55. The molecule has 0 saturated heterocycles. The number of phenolic OH excluding ortho intramolecular Hbond substituents is 1. The summed E-state index contributed by atoms with van der Waals surface area (Å²) in [5, 5.41) is 11.2. The van der Waals surface area contributed by atoms with Gasteiger partial charge in [-0.1, -0.05) is 38.2 Å². The van der Waals surface area contributed by atoms with E-state index in [0.29, 0.717) is 17.6 Å². The van der Waals surface area contributed by atoms with Crippen molar-refractivity contribution in [1.82, 2.24) is 0 Å². The maximum atomic E-state index is 9.38. The predicted molar refractivity (Wildman–Crippen MR) is 64.0 cm³/mol. The molecule has 1 nitrogen and oxygen atoms in total. The smallest absolute Gasteiger partial charge is 0.115 e. The van der Waals surface area contributed by atoms with Crippen LogP contribution in [0.1, 0.15) is 31.7 Å². The summed E-state index contributed by atoms with van der Waals surface area (Å²) in [6.07, 6.45) is 1.04. The Balaban J connectivity index is 2.94. The maximum Gasteiger partial charge on any atom is 0.115 e. The summed E-state index contributed by atoms with van der Waals surface area (Å²) in [4.78, 5) is 0. The van der Waals surface area contributed by atoms with E-state index in [2.05, 4.69) is 13.8 Å². The molecule has 2 atom stereocenters. The Morgan fingerprint density at radius 1 is 1.50 bits per heavy atom. The Hall–Kier alpha value is -0.890. The van der Waals surface area contributed by atoms with Crippen LogP contribution in [-0.4, -0.2) is 10.5 Å². The Bertz CT molecular complexity index is 309. The van der Waals surface area contributed by atoms with Crippen molar-refractivity contribution in [3.8, 4) is 5.75 Å². The molecule has 0 aromatic heterocycles. The number of hydrogen-bond donors (Lipinski definition) is 1. The second-order valence-electron chi connectivity index (χ2n) is 3.60. The van der Waals surface area contributed by atoms with Crippen LogP contribution in [0.5, 0.6) is 5.75 Å². The van der Waals surface area contributed by atoms with E-state index in [1.807, 2.05) is 18.2 Å². The van der Waals surface area contributed by atoms with E-state index >= 15 is 0 Å². The van der Waals surface area contributed by atoms with Gasteiger partial charge in [0.25, 0.3) is 0 Å². The van der Waals surface area contributed by atoms with Crippen molar-refractivity contribution in [2.45, 2.75) is 26.2 Å². The topological polar surface area (TPSA) is 20.2 Å². The number of hydrogen-bond acceptors (Lipinski definition) is 2. The van der Waals surface area contributed by atoms with Crippen LogP contribution in [0.15, 0.2) is 24.3 Å². The average Bonchev–Trinajstić information content (AvgIpc) is 2.19. The highest BCUT2D eigenvalue weighted by atomic mass is 32.1. The lowest BCUT2D eigenvalue weighted by molar-refractivity contribution is 0.471. The molecule has 0 bridgehead atoms. The summed E-state index contributed by atoms with van der Waals surface area (Å²) in [5.41, 5.74) is 1.17. The molecule has 76 valence electrons. The Morgan fingerprint density at radius 2 is 2.21 bits per heavy atom. The molecule has 2 unspecified atom stereocenters. The number of aromatic hydroxyl groups is 1. The van der Waals surface area contributed by atoms with Gasteiger partial charge in [0.05, 0.1) is 0 Å². The molecule has 2 heteroatoms. The van der Waals surface area contributed by atoms with Gasteiger partial charge in [0, 0.05) is 0 Å². The van der Waals surface area contributed by atoms with Crippen molar-refractivity contribution in [3.05, 3.63) is 29.8 Å². The zero-order valence-electron chi connectivity index (χ0n) is 8.60. The summed E-state index contributed by atoms with van der Waals surface area (Å²) in [6, 6.07) is 7.44. The summed E-state index contributed by atoms with van der Waals surface area (Å²) < 4.78 is 0.